The van der Waals surface area contributed by atoms with E-state index >= 15 is 0 Å². The van der Waals surface area contributed by atoms with Crippen LogP contribution in [0.15, 0.2) is 22.7 Å². The Kier molecular flexibility index (Phi) is 4.62. The molecule has 2 unspecified atom stereocenters. The number of hydrogen-bond acceptors (Lipinski definition) is 2. The van der Waals surface area contributed by atoms with Gasteiger partial charge in [0, 0.05) is 17.1 Å². The highest BCUT2D eigenvalue weighted by molar-refractivity contribution is 9.10. The van der Waals surface area contributed by atoms with Crippen LogP contribution in [0.25, 0.3) is 0 Å². The lowest BCUT2D eigenvalue weighted by Crippen LogP contribution is -2.36. The Balaban J connectivity index is 2.02. The number of rotatable bonds is 3. The lowest BCUT2D eigenvalue weighted by atomic mass is 9.95. The van der Waals surface area contributed by atoms with Crippen molar-refractivity contribution in [3.05, 3.63) is 28.5 Å². The second kappa shape index (κ2) is 6.02. The van der Waals surface area contributed by atoms with Gasteiger partial charge in [0.05, 0.1) is 11.8 Å². The Hall–Kier alpha value is -0.610. The van der Waals surface area contributed by atoms with Gasteiger partial charge in [-0.15, -0.1) is 0 Å². The van der Waals surface area contributed by atoms with E-state index in [0.29, 0.717) is 18.1 Å². The first kappa shape index (κ1) is 13.8. The minimum Gasteiger partial charge on any atom is -0.381 e. The first-order valence-corrected chi connectivity index (χ1v) is 7.18. The molecule has 1 aromatic rings. The Labute approximate surface area is 116 Å². The van der Waals surface area contributed by atoms with Crippen molar-refractivity contribution in [2.24, 2.45) is 5.92 Å². The van der Waals surface area contributed by atoms with Crippen LogP contribution in [-0.4, -0.2) is 18.8 Å². The molecular weight excluding hydrogens is 297 g/mol. The zero-order valence-electron chi connectivity index (χ0n) is 10.7. The van der Waals surface area contributed by atoms with E-state index in [9.17, 15) is 4.39 Å². The van der Waals surface area contributed by atoms with Crippen molar-refractivity contribution in [3.63, 3.8) is 0 Å². The summed E-state index contributed by atoms with van der Waals surface area (Å²) in [5.74, 6) is 0.304. The monoisotopic (exact) mass is 315 g/mol. The second-order valence-electron chi connectivity index (χ2n) is 5.14. The van der Waals surface area contributed by atoms with Gasteiger partial charge >= 0.3 is 0 Å². The summed E-state index contributed by atoms with van der Waals surface area (Å²) in [6.07, 6.45) is 2.23. The molecule has 1 fully saturated rings. The van der Waals surface area contributed by atoms with Gasteiger partial charge in [-0.25, -0.2) is 4.39 Å². The molecule has 0 aromatic heterocycles. The molecule has 1 aliphatic heterocycles. The predicted octanol–water partition coefficient (Wildman–Crippen LogP) is 4.20. The van der Waals surface area contributed by atoms with E-state index in [-0.39, 0.29) is 5.82 Å². The van der Waals surface area contributed by atoms with Crippen LogP contribution in [0, 0.1) is 11.7 Å². The molecule has 2 atom stereocenters. The highest BCUT2D eigenvalue weighted by Gasteiger charge is 2.25. The normalized spacial score (nSPS) is 24.3. The molecule has 1 aromatic carbocycles. The first-order chi connectivity index (χ1) is 8.56. The van der Waals surface area contributed by atoms with E-state index in [4.69, 9.17) is 4.74 Å². The van der Waals surface area contributed by atoms with Gasteiger partial charge < -0.3 is 10.1 Å². The van der Waals surface area contributed by atoms with Gasteiger partial charge in [-0.05, 0) is 52.9 Å². The third kappa shape index (κ3) is 3.45. The minimum atomic E-state index is -0.215. The molecule has 0 saturated carbocycles. The van der Waals surface area contributed by atoms with Crippen LogP contribution in [0.1, 0.15) is 26.7 Å². The van der Waals surface area contributed by atoms with E-state index in [1.54, 1.807) is 6.07 Å². The Bertz CT molecular complexity index is 411. The van der Waals surface area contributed by atoms with Gasteiger partial charge in [0.25, 0.3) is 0 Å². The number of ether oxygens (including phenoxy) is 1. The van der Waals surface area contributed by atoms with Crippen molar-refractivity contribution in [2.75, 3.05) is 11.9 Å². The van der Waals surface area contributed by atoms with Crippen LogP contribution in [0.5, 0.6) is 0 Å². The average molecular weight is 316 g/mol. The topological polar surface area (TPSA) is 21.3 Å². The van der Waals surface area contributed by atoms with Gasteiger partial charge in [-0.1, -0.05) is 13.8 Å². The molecule has 100 valence electrons. The third-order valence-electron chi connectivity index (χ3n) is 3.35. The second-order valence-corrected chi connectivity index (χ2v) is 6.00. The van der Waals surface area contributed by atoms with Crippen molar-refractivity contribution in [3.8, 4) is 0 Å². The molecule has 0 radical (unpaired) electrons. The van der Waals surface area contributed by atoms with Crippen molar-refractivity contribution < 1.29 is 9.13 Å². The summed E-state index contributed by atoms with van der Waals surface area (Å²) in [6, 6.07) is 5.07. The van der Waals surface area contributed by atoms with Gasteiger partial charge in [-0.3, -0.25) is 0 Å². The zero-order chi connectivity index (χ0) is 13.1. The van der Waals surface area contributed by atoms with Gasteiger partial charge in [0.1, 0.15) is 5.82 Å². The minimum absolute atomic E-state index is 0.215. The molecule has 2 rings (SSSR count). The molecule has 1 saturated heterocycles. The van der Waals surface area contributed by atoms with Crippen LogP contribution < -0.4 is 5.32 Å². The number of nitrogens with one attached hydrogen (secondary N) is 1. The lowest BCUT2D eigenvalue weighted by molar-refractivity contribution is -0.0160. The number of halogens is 2. The molecule has 0 spiro atoms. The Morgan fingerprint density at radius 1 is 1.44 bits per heavy atom. The summed E-state index contributed by atoms with van der Waals surface area (Å²) in [5, 5.41) is 3.41. The van der Waals surface area contributed by atoms with E-state index < -0.39 is 0 Å². The molecule has 18 heavy (non-hydrogen) atoms. The summed E-state index contributed by atoms with van der Waals surface area (Å²) >= 11 is 3.44. The van der Waals surface area contributed by atoms with Gasteiger partial charge in [-0.2, -0.15) is 0 Å². The SMILES string of the molecule is CC(C)C1CC(Nc2cc(F)ccc2Br)CCO1. The summed E-state index contributed by atoms with van der Waals surface area (Å²) in [6.45, 7) is 5.11. The van der Waals surface area contributed by atoms with E-state index in [1.807, 2.05) is 0 Å². The Morgan fingerprint density at radius 3 is 2.94 bits per heavy atom. The van der Waals surface area contributed by atoms with Crippen LogP contribution in [0.3, 0.4) is 0 Å². The van der Waals surface area contributed by atoms with Crippen molar-refractivity contribution >= 4 is 21.6 Å². The summed E-state index contributed by atoms with van der Waals surface area (Å²) < 4.78 is 19.9. The number of anilines is 1. The predicted molar refractivity (Wildman–Crippen MR) is 75.3 cm³/mol. The maximum atomic E-state index is 13.2. The quantitative estimate of drug-likeness (QED) is 0.902. The molecule has 0 bridgehead atoms. The van der Waals surface area contributed by atoms with Crippen LogP contribution in [0.4, 0.5) is 10.1 Å². The lowest BCUT2D eigenvalue weighted by Gasteiger charge is -2.33. The number of benzene rings is 1. The van der Waals surface area contributed by atoms with E-state index in [1.165, 1.54) is 12.1 Å². The molecule has 1 aliphatic rings. The molecular formula is C14H19BrFNO. The highest BCUT2D eigenvalue weighted by atomic mass is 79.9. The smallest absolute Gasteiger partial charge is 0.125 e. The molecule has 1 N–H and O–H groups in total. The fourth-order valence-electron chi connectivity index (χ4n) is 2.25. The fraction of sp³-hybridized carbons (Fsp3) is 0.571. The van der Waals surface area contributed by atoms with E-state index in [2.05, 4.69) is 35.1 Å². The Morgan fingerprint density at radius 2 is 2.22 bits per heavy atom. The van der Waals surface area contributed by atoms with Crippen LogP contribution in [-0.2, 0) is 4.74 Å². The summed E-state index contributed by atoms with van der Waals surface area (Å²) in [4.78, 5) is 0. The van der Waals surface area contributed by atoms with E-state index in [0.717, 1.165) is 29.6 Å². The molecule has 0 amide bonds. The molecule has 0 aliphatic carbocycles. The fourth-order valence-corrected chi connectivity index (χ4v) is 2.61. The van der Waals surface area contributed by atoms with Gasteiger partial charge in [0.2, 0.25) is 0 Å². The average Bonchev–Trinajstić information content (AvgIpc) is 2.34. The maximum absolute atomic E-state index is 13.2. The number of hydrogen-bond donors (Lipinski definition) is 1. The maximum Gasteiger partial charge on any atom is 0.125 e. The zero-order valence-corrected chi connectivity index (χ0v) is 12.3. The van der Waals surface area contributed by atoms with Gasteiger partial charge in [0.15, 0.2) is 0 Å². The largest absolute Gasteiger partial charge is 0.381 e. The third-order valence-corrected chi connectivity index (χ3v) is 4.04. The standard InChI is InChI=1S/C14H19BrFNO/c1-9(2)14-8-11(5-6-18-14)17-13-7-10(16)3-4-12(13)15/h3-4,7,9,11,14,17H,5-6,8H2,1-2H3. The van der Waals surface area contributed by atoms with Crippen molar-refractivity contribution in [1.29, 1.82) is 0 Å². The van der Waals surface area contributed by atoms with Crippen molar-refractivity contribution in [2.45, 2.75) is 38.8 Å². The summed E-state index contributed by atoms with van der Waals surface area (Å²) in [5.41, 5.74) is 0.824. The van der Waals surface area contributed by atoms with Crippen LogP contribution >= 0.6 is 15.9 Å². The van der Waals surface area contributed by atoms with Crippen molar-refractivity contribution in [1.82, 2.24) is 0 Å². The molecule has 4 heteroatoms. The molecule has 1 heterocycles. The molecule has 2 nitrogen and oxygen atoms in total. The highest BCUT2D eigenvalue weighted by Crippen LogP contribution is 2.27. The summed E-state index contributed by atoms with van der Waals surface area (Å²) in [7, 11) is 0. The first-order valence-electron chi connectivity index (χ1n) is 6.39. The van der Waals surface area contributed by atoms with Crippen LogP contribution in [0.2, 0.25) is 0 Å².